The van der Waals surface area contributed by atoms with Crippen LogP contribution in [0.5, 0.6) is 0 Å². The Morgan fingerprint density at radius 3 is 2.16 bits per heavy atom. The molecule has 0 N–H and O–H groups in total. The molecule has 0 amide bonds. The fourth-order valence-electron chi connectivity index (χ4n) is 5.60. The topological polar surface area (TPSA) is 44.1 Å². The summed E-state index contributed by atoms with van der Waals surface area (Å²) in [7, 11) is 0. The number of benzene rings is 5. The number of furan rings is 2. The molecule has 37 heavy (non-hydrogen) atoms. The van der Waals surface area contributed by atoms with Crippen molar-refractivity contribution >= 4 is 54.9 Å². The Bertz CT molecular complexity index is 2140. The fourth-order valence-corrected chi connectivity index (χ4v) is 5.60. The Balaban J connectivity index is 1.30. The average molecular weight is 479 g/mol. The van der Waals surface area contributed by atoms with E-state index in [-0.39, 0.29) is 0 Å². The van der Waals surface area contributed by atoms with E-state index in [1.165, 1.54) is 0 Å². The predicted molar refractivity (Wildman–Crippen MR) is 150 cm³/mol. The molecule has 0 bridgehead atoms. The van der Waals surface area contributed by atoms with Gasteiger partial charge in [-0.05, 0) is 65.7 Å². The van der Waals surface area contributed by atoms with Gasteiger partial charge in [0.1, 0.15) is 28.2 Å². The van der Waals surface area contributed by atoms with Gasteiger partial charge in [0, 0.05) is 33.7 Å². The number of aryl methyl sites for hydroxylation is 1. The maximum absolute atomic E-state index is 6.28. The molecule has 0 aliphatic carbocycles. The summed E-state index contributed by atoms with van der Waals surface area (Å²) in [6.45, 7) is 2.15. The number of hydrogen-bond donors (Lipinski definition) is 0. The van der Waals surface area contributed by atoms with Gasteiger partial charge < -0.3 is 8.83 Å². The maximum atomic E-state index is 6.28. The van der Waals surface area contributed by atoms with Crippen LogP contribution in [0.2, 0.25) is 0 Å². The van der Waals surface area contributed by atoms with Crippen molar-refractivity contribution < 1.29 is 8.83 Å². The molecule has 0 saturated carbocycles. The van der Waals surface area contributed by atoms with Crippen LogP contribution < -0.4 is 0 Å². The molecular formula is C33H22N2O2. The van der Waals surface area contributed by atoms with Crippen molar-refractivity contribution in [2.24, 2.45) is 0 Å². The highest BCUT2D eigenvalue weighted by Crippen LogP contribution is 2.38. The standard InChI is InChI=1S/C33H22N2O2/c1-2-33-34-27-11-4-5-12-28(27)35(33)22-9-7-8-20(16-22)21-14-15-30-24(17-21)26-19-31-25(18-32(26)37-30)23-10-3-6-13-29(23)36-31/h3-19H,2H2,1H3. The lowest BCUT2D eigenvalue weighted by Gasteiger charge is -2.11. The Morgan fingerprint density at radius 2 is 1.30 bits per heavy atom. The molecule has 0 aliphatic rings. The number of rotatable bonds is 3. The summed E-state index contributed by atoms with van der Waals surface area (Å²) >= 11 is 0. The van der Waals surface area contributed by atoms with E-state index < -0.39 is 0 Å². The van der Waals surface area contributed by atoms with Gasteiger partial charge >= 0.3 is 0 Å². The van der Waals surface area contributed by atoms with Crippen LogP contribution in [0.25, 0.3) is 71.7 Å². The van der Waals surface area contributed by atoms with Crippen molar-refractivity contribution in [3.8, 4) is 16.8 Å². The van der Waals surface area contributed by atoms with E-state index in [0.29, 0.717) is 0 Å². The highest BCUT2D eigenvalue weighted by molar-refractivity contribution is 6.15. The Hall–Kier alpha value is -4.83. The third kappa shape index (κ3) is 2.99. The number of imidazole rings is 1. The second kappa shape index (κ2) is 7.58. The molecule has 3 aromatic heterocycles. The zero-order chi connectivity index (χ0) is 24.5. The van der Waals surface area contributed by atoms with Crippen LogP contribution in [0.1, 0.15) is 12.7 Å². The van der Waals surface area contributed by atoms with E-state index in [1.54, 1.807) is 0 Å². The third-order valence-electron chi connectivity index (χ3n) is 7.35. The first-order valence-electron chi connectivity index (χ1n) is 12.6. The molecule has 8 aromatic rings. The molecule has 4 heteroatoms. The van der Waals surface area contributed by atoms with E-state index >= 15 is 0 Å². The first-order valence-corrected chi connectivity index (χ1v) is 12.6. The second-order valence-electron chi connectivity index (χ2n) is 9.51. The SMILES string of the molecule is CCc1nc2ccccc2n1-c1cccc(-c2ccc3oc4cc5c(cc4c3c2)oc2ccccc25)c1. The van der Waals surface area contributed by atoms with Crippen LogP contribution in [-0.4, -0.2) is 9.55 Å². The van der Waals surface area contributed by atoms with Crippen molar-refractivity contribution in [3.63, 3.8) is 0 Å². The quantitative estimate of drug-likeness (QED) is 0.254. The monoisotopic (exact) mass is 478 g/mol. The molecule has 4 nitrogen and oxygen atoms in total. The molecule has 0 radical (unpaired) electrons. The summed E-state index contributed by atoms with van der Waals surface area (Å²) < 4.78 is 14.7. The molecule has 0 fully saturated rings. The average Bonchev–Trinajstić information content (AvgIpc) is 3.62. The minimum Gasteiger partial charge on any atom is -0.456 e. The summed E-state index contributed by atoms with van der Waals surface area (Å²) in [6.07, 6.45) is 0.863. The van der Waals surface area contributed by atoms with Crippen molar-refractivity contribution in [2.75, 3.05) is 0 Å². The summed E-state index contributed by atoms with van der Waals surface area (Å²) in [5.41, 5.74) is 9.08. The summed E-state index contributed by atoms with van der Waals surface area (Å²) in [5, 5.41) is 4.33. The number of para-hydroxylation sites is 3. The lowest BCUT2D eigenvalue weighted by Crippen LogP contribution is -2.00. The van der Waals surface area contributed by atoms with E-state index in [2.05, 4.69) is 90.4 Å². The molecule has 0 saturated heterocycles. The minimum atomic E-state index is 0.863. The van der Waals surface area contributed by atoms with E-state index in [4.69, 9.17) is 13.8 Å². The predicted octanol–water partition coefficient (Wildman–Crippen LogP) is 9.05. The van der Waals surface area contributed by atoms with Crippen LogP contribution in [0, 0.1) is 0 Å². The fraction of sp³-hybridized carbons (Fsp3) is 0.0606. The van der Waals surface area contributed by atoms with Crippen molar-refractivity contribution in [1.29, 1.82) is 0 Å². The van der Waals surface area contributed by atoms with Crippen LogP contribution in [0.3, 0.4) is 0 Å². The van der Waals surface area contributed by atoms with Crippen LogP contribution in [0.4, 0.5) is 0 Å². The molecule has 0 unspecified atom stereocenters. The zero-order valence-corrected chi connectivity index (χ0v) is 20.2. The molecule has 8 rings (SSSR count). The van der Waals surface area contributed by atoms with Crippen LogP contribution in [-0.2, 0) is 6.42 Å². The third-order valence-corrected chi connectivity index (χ3v) is 7.35. The number of aromatic nitrogens is 2. The number of fused-ring (bicyclic) bond motifs is 7. The highest BCUT2D eigenvalue weighted by atomic mass is 16.3. The Kier molecular flexibility index (Phi) is 4.17. The van der Waals surface area contributed by atoms with Gasteiger partial charge in [-0.15, -0.1) is 0 Å². The lowest BCUT2D eigenvalue weighted by molar-refractivity contribution is 0.664. The van der Waals surface area contributed by atoms with Crippen molar-refractivity contribution in [3.05, 3.63) is 109 Å². The first kappa shape index (κ1) is 20.4. The molecule has 0 atom stereocenters. The van der Waals surface area contributed by atoms with Gasteiger partial charge in [0.25, 0.3) is 0 Å². The number of hydrogen-bond acceptors (Lipinski definition) is 3. The van der Waals surface area contributed by atoms with Crippen LogP contribution in [0.15, 0.2) is 112 Å². The minimum absolute atomic E-state index is 0.863. The van der Waals surface area contributed by atoms with Gasteiger partial charge in [0.05, 0.1) is 11.0 Å². The lowest BCUT2D eigenvalue weighted by atomic mass is 10.0. The molecular weight excluding hydrogens is 456 g/mol. The highest BCUT2D eigenvalue weighted by Gasteiger charge is 2.15. The number of nitrogens with zero attached hydrogens (tertiary/aromatic N) is 2. The molecule has 0 aliphatic heterocycles. The van der Waals surface area contributed by atoms with Crippen molar-refractivity contribution in [1.82, 2.24) is 9.55 Å². The normalized spacial score (nSPS) is 12.0. The first-order chi connectivity index (χ1) is 18.3. The summed E-state index contributed by atoms with van der Waals surface area (Å²) in [5.74, 6) is 1.06. The molecule has 176 valence electrons. The van der Waals surface area contributed by atoms with Gasteiger partial charge in [-0.2, -0.15) is 0 Å². The van der Waals surface area contributed by atoms with Gasteiger partial charge in [-0.3, -0.25) is 4.57 Å². The largest absolute Gasteiger partial charge is 0.456 e. The smallest absolute Gasteiger partial charge is 0.136 e. The van der Waals surface area contributed by atoms with Gasteiger partial charge in [-0.1, -0.05) is 55.5 Å². The Labute approximate surface area is 212 Å². The van der Waals surface area contributed by atoms with Gasteiger partial charge in [0.2, 0.25) is 0 Å². The maximum Gasteiger partial charge on any atom is 0.136 e. The van der Waals surface area contributed by atoms with Crippen molar-refractivity contribution in [2.45, 2.75) is 13.3 Å². The molecule has 3 heterocycles. The second-order valence-corrected chi connectivity index (χ2v) is 9.51. The Morgan fingerprint density at radius 1 is 0.595 bits per heavy atom. The zero-order valence-electron chi connectivity index (χ0n) is 20.2. The molecule has 5 aromatic carbocycles. The van der Waals surface area contributed by atoms with E-state index in [0.717, 1.165) is 84.0 Å². The van der Waals surface area contributed by atoms with Gasteiger partial charge in [0.15, 0.2) is 0 Å². The van der Waals surface area contributed by atoms with E-state index in [9.17, 15) is 0 Å². The molecule has 0 spiro atoms. The summed E-state index contributed by atoms with van der Waals surface area (Å²) in [4.78, 5) is 4.86. The van der Waals surface area contributed by atoms with E-state index in [1.807, 2.05) is 24.3 Å². The summed E-state index contributed by atoms with van der Waals surface area (Å²) in [6, 6.07) is 35.8. The van der Waals surface area contributed by atoms with Gasteiger partial charge in [-0.25, -0.2) is 4.98 Å². The van der Waals surface area contributed by atoms with Crippen LogP contribution >= 0.6 is 0 Å².